The van der Waals surface area contributed by atoms with Gasteiger partial charge >= 0.3 is 0 Å². The quantitative estimate of drug-likeness (QED) is 0.341. The monoisotopic (exact) mass is 480 g/mol. The Kier molecular flexibility index (Phi) is 6.16. The first-order valence-corrected chi connectivity index (χ1v) is 11.5. The summed E-state index contributed by atoms with van der Waals surface area (Å²) in [7, 11) is 1.80. The summed E-state index contributed by atoms with van der Waals surface area (Å²) in [5, 5.41) is 12.3. The number of pyridine rings is 2. The maximum absolute atomic E-state index is 14.4. The lowest BCUT2D eigenvalue weighted by Gasteiger charge is -2.19. The summed E-state index contributed by atoms with van der Waals surface area (Å²) < 4.78 is 16.0. The molecule has 2 N–H and O–H groups in total. The fourth-order valence-corrected chi connectivity index (χ4v) is 4.07. The number of fused-ring (bicyclic) bond motifs is 1. The number of nitrogens with one attached hydrogen (secondary N) is 2. The topological polar surface area (TPSA) is 84.7 Å². The number of carbonyl (C=O) groups is 1. The van der Waals surface area contributed by atoms with Gasteiger partial charge < -0.3 is 10.6 Å². The minimum atomic E-state index is -0.554. The molecule has 5 rings (SSSR count). The summed E-state index contributed by atoms with van der Waals surface area (Å²) in [5.41, 5.74) is 4.22. The van der Waals surface area contributed by atoms with Gasteiger partial charge in [-0.1, -0.05) is 18.2 Å². The SMILES string of the molecule is Cc1cc(Nc2cc3cc(C(=O)N[C@@H](c4ccc(C)c(F)c4)c4cnn(C)c4)ccc3cn2)ccn1. The van der Waals surface area contributed by atoms with Crippen molar-refractivity contribution in [2.75, 3.05) is 5.32 Å². The van der Waals surface area contributed by atoms with Gasteiger partial charge in [0, 0.05) is 53.5 Å². The molecule has 0 fully saturated rings. The van der Waals surface area contributed by atoms with Gasteiger partial charge in [0.1, 0.15) is 11.6 Å². The molecule has 0 aliphatic heterocycles. The lowest BCUT2D eigenvalue weighted by Crippen LogP contribution is -2.29. The molecule has 0 radical (unpaired) electrons. The average Bonchev–Trinajstić information content (AvgIpc) is 3.29. The molecule has 3 heterocycles. The summed E-state index contributed by atoms with van der Waals surface area (Å²) in [6.07, 6.45) is 6.99. The highest BCUT2D eigenvalue weighted by Crippen LogP contribution is 2.26. The van der Waals surface area contributed by atoms with E-state index in [4.69, 9.17) is 0 Å². The highest BCUT2D eigenvalue weighted by Gasteiger charge is 2.20. The van der Waals surface area contributed by atoms with Crippen LogP contribution in [0.25, 0.3) is 10.8 Å². The van der Waals surface area contributed by atoms with Crippen LogP contribution in [0.3, 0.4) is 0 Å². The molecule has 0 saturated heterocycles. The first-order chi connectivity index (χ1) is 17.4. The predicted octanol–water partition coefficient (Wildman–Crippen LogP) is 5.38. The molecule has 7 nitrogen and oxygen atoms in total. The molecular weight excluding hydrogens is 455 g/mol. The van der Waals surface area contributed by atoms with Crippen LogP contribution in [0.4, 0.5) is 15.9 Å². The maximum Gasteiger partial charge on any atom is 0.252 e. The molecule has 0 unspecified atom stereocenters. The number of hydrogen-bond acceptors (Lipinski definition) is 5. The molecule has 1 amide bonds. The average molecular weight is 481 g/mol. The van der Waals surface area contributed by atoms with Crippen molar-refractivity contribution in [2.45, 2.75) is 19.9 Å². The van der Waals surface area contributed by atoms with Crippen LogP contribution in [0.5, 0.6) is 0 Å². The Morgan fingerprint density at radius 3 is 2.56 bits per heavy atom. The van der Waals surface area contributed by atoms with E-state index in [1.165, 1.54) is 6.07 Å². The second-order valence-electron chi connectivity index (χ2n) is 8.80. The highest BCUT2D eigenvalue weighted by atomic mass is 19.1. The van der Waals surface area contributed by atoms with E-state index in [0.717, 1.165) is 27.7 Å². The normalized spacial score (nSPS) is 11.9. The number of rotatable bonds is 6. The van der Waals surface area contributed by atoms with Crippen molar-refractivity contribution >= 4 is 28.2 Å². The Hall–Kier alpha value is -4.59. The molecule has 2 aromatic carbocycles. The summed E-state index contributed by atoms with van der Waals surface area (Å²) in [4.78, 5) is 22.0. The van der Waals surface area contributed by atoms with E-state index in [9.17, 15) is 9.18 Å². The van der Waals surface area contributed by atoms with E-state index in [1.807, 2.05) is 49.5 Å². The van der Waals surface area contributed by atoms with Crippen LogP contribution in [-0.4, -0.2) is 25.7 Å². The maximum atomic E-state index is 14.4. The number of amides is 1. The van der Waals surface area contributed by atoms with E-state index >= 15 is 0 Å². The molecule has 0 aliphatic rings. The van der Waals surface area contributed by atoms with E-state index in [2.05, 4.69) is 25.7 Å². The Morgan fingerprint density at radius 1 is 0.944 bits per heavy atom. The van der Waals surface area contributed by atoms with Gasteiger partial charge in [-0.15, -0.1) is 0 Å². The highest BCUT2D eigenvalue weighted by molar-refractivity contribution is 5.99. The summed E-state index contributed by atoms with van der Waals surface area (Å²) in [6, 6.07) is 15.6. The third-order valence-corrected chi connectivity index (χ3v) is 6.02. The molecule has 3 aromatic heterocycles. The third kappa shape index (κ3) is 4.93. The van der Waals surface area contributed by atoms with Crippen molar-refractivity contribution in [3.63, 3.8) is 0 Å². The molecule has 8 heteroatoms. The van der Waals surface area contributed by atoms with E-state index in [-0.39, 0.29) is 11.7 Å². The van der Waals surface area contributed by atoms with Gasteiger partial charge in [0.15, 0.2) is 0 Å². The zero-order valence-electron chi connectivity index (χ0n) is 20.2. The van der Waals surface area contributed by atoms with E-state index < -0.39 is 6.04 Å². The van der Waals surface area contributed by atoms with Crippen LogP contribution < -0.4 is 10.6 Å². The largest absolute Gasteiger partial charge is 0.341 e. The number of aryl methyl sites for hydroxylation is 3. The fraction of sp³-hybridized carbons (Fsp3) is 0.143. The first-order valence-electron chi connectivity index (χ1n) is 11.5. The van der Waals surface area contributed by atoms with Crippen LogP contribution in [0, 0.1) is 19.7 Å². The molecular formula is C28H25FN6O. The van der Waals surface area contributed by atoms with Crippen LogP contribution in [0.2, 0.25) is 0 Å². The Morgan fingerprint density at radius 2 is 1.81 bits per heavy atom. The molecule has 180 valence electrons. The number of anilines is 2. The van der Waals surface area contributed by atoms with Crippen molar-refractivity contribution in [1.82, 2.24) is 25.1 Å². The molecule has 0 bridgehead atoms. The van der Waals surface area contributed by atoms with Crippen molar-refractivity contribution in [2.24, 2.45) is 7.05 Å². The Labute approximate surface area is 208 Å². The number of carbonyl (C=O) groups excluding carboxylic acids is 1. The second kappa shape index (κ2) is 9.58. The van der Waals surface area contributed by atoms with Gasteiger partial charge in [-0.3, -0.25) is 14.5 Å². The summed E-state index contributed by atoms with van der Waals surface area (Å²) in [5.74, 6) is 0.0649. The smallest absolute Gasteiger partial charge is 0.252 e. The summed E-state index contributed by atoms with van der Waals surface area (Å²) in [6.45, 7) is 3.63. The van der Waals surface area contributed by atoms with Crippen LogP contribution in [-0.2, 0) is 7.05 Å². The molecule has 0 aliphatic carbocycles. The fourth-order valence-electron chi connectivity index (χ4n) is 4.07. The van der Waals surface area contributed by atoms with Crippen molar-refractivity contribution < 1.29 is 9.18 Å². The molecule has 36 heavy (non-hydrogen) atoms. The van der Waals surface area contributed by atoms with Gasteiger partial charge in [0.2, 0.25) is 0 Å². The zero-order chi connectivity index (χ0) is 25.2. The third-order valence-electron chi connectivity index (χ3n) is 6.02. The van der Waals surface area contributed by atoms with Gasteiger partial charge in [0.05, 0.1) is 12.2 Å². The van der Waals surface area contributed by atoms with Gasteiger partial charge in [-0.25, -0.2) is 9.37 Å². The van der Waals surface area contributed by atoms with Gasteiger partial charge in [-0.2, -0.15) is 5.10 Å². The minimum absolute atomic E-state index is 0.275. The number of nitrogens with zero attached hydrogens (tertiary/aromatic N) is 4. The van der Waals surface area contributed by atoms with Crippen LogP contribution in [0.15, 0.2) is 79.4 Å². The number of halogens is 1. The zero-order valence-corrected chi connectivity index (χ0v) is 20.2. The van der Waals surface area contributed by atoms with Crippen LogP contribution in [0.1, 0.15) is 38.8 Å². The predicted molar refractivity (Wildman–Crippen MR) is 138 cm³/mol. The lowest BCUT2D eigenvalue weighted by atomic mass is 9.99. The van der Waals surface area contributed by atoms with E-state index in [1.54, 1.807) is 49.4 Å². The first kappa shape index (κ1) is 23.2. The summed E-state index contributed by atoms with van der Waals surface area (Å²) >= 11 is 0. The Bertz CT molecular complexity index is 1580. The molecule has 5 aromatic rings. The number of aromatic nitrogens is 4. The molecule has 1 atom stereocenters. The van der Waals surface area contributed by atoms with E-state index in [0.29, 0.717) is 22.5 Å². The number of benzene rings is 2. The molecule has 0 saturated carbocycles. The van der Waals surface area contributed by atoms with Crippen molar-refractivity contribution in [1.29, 1.82) is 0 Å². The van der Waals surface area contributed by atoms with Crippen molar-refractivity contribution in [3.8, 4) is 0 Å². The Balaban J connectivity index is 1.44. The number of hydrogen-bond donors (Lipinski definition) is 2. The molecule has 0 spiro atoms. The lowest BCUT2D eigenvalue weighted by molar-refractivity contribution is 0.0943. The standard InChI is InChI=1S/C28H25FN6O/c1-17-4-5-19(12-25(17)29)27(23-15-32-35(3)16-23)34-28(36)20-6-7-21-14-31-26(13-22(21)11-20)33-24-8-9-30-18(2)10-24/h4-16,27H,1-3H3,(H,34,36)(H,30,31,33)/t27-/m0/s1. The van der Waals surface area contributed by atoms with Gasteiger partial charge in [-0.05, 0) is 66.8 Å². The van der Waals surface area contributed by atoms with Gasteiger partial charge in [0.25, 0.3) is 5.91 Å². The van der Waals surface area contributed by atoms with Crippen LogP contribution >= 0.6 is 0 Å². The second-order valence-corrected chi connectivity index (χ2v) is 8.80. The minimum Gasteiger partial charge on any atom is -0.341 e. The van der Waals surface area contributed by atoms with Crippen molar-refractivity contribution in [3.05, 3.63) is 113 Å².